The Morgan fingerprint density at radius 2 is 2.08 bits per heavy atom. The third-order valence-corrected chi connectivity index (χ3v) is 6.62. The first-order valence-electron chi connectivity index (χ1n) is 12.3. The third-order valence-electron chi connectivity index (χ3n) is 6.62. The van der Waals surface area contributed by atoms with E-state index in [1.54, 1.807) is 18.5 Å². The highest BCUT2D eigenvalue weighted by atomic mass is 19.3. The van der Waals surface area contributed by atoms with Gasteiger partial charge >= 0.3 is 0 Å². The van der Waals surface area contributed by atoms with Crippen molar-refractivity contribution < 1.29 is 23.4 Å². The average molecular weight is 520 g/mol. The number of ether oxygens (including phenoxy) is 1. The number of aromatic nitrogens is 4. The number of alkyl halides is 2. The Hall–Kier alpha value is -3.89. The third kappa shape index (κ3) is 5.23. The summed E-state index contributed by atoms with van der Waals surface area (Å²) >= 11 is 0. The number of carbonyl (C=O) groups excluding carboxylic acids is 1. The van der Waals surface area contributed by atoms with Crippen molar-refractivity contribution in [2.24, 2.45) is 0 Å². The quantitative estimate of drug-likeness (QED) is 0.493. The number of hydrogen-bond donors (Lipinski definition) is 2. The van der Waals surface area contributed by atoms with Gasteiger partial charge in [-0.1, -0.05) is 18.7 Å². The van der Waals surface area contributed by atoms with Gasteiger partial charge in [-0.15, -0.1) is 0 Å². The lowest BCUT2D eigenvalue weighted by atomic mass is 9.90. The van der Waals surface area contributed by atoms with Gasteiger partial charge < -0.3 is 15.2 Å². The molecule has 1 amide bonds. The van der Waals surface area contributed by atoms with Gasteiger partial charge in [0.1, 0.15) is 5.69 Å². The molecule has 38 heavy (non-hydrogen) atoms. The second-order valence-corrected chi connectivity index (χ2v) is 9.48. The Morgan fingerprint density at radius 3 is 2.82 bits per heavy atom. The lowest BCUT2D eigenvalue weighted by Gasteiger charge is -2.33. The van der Waals surface area contributed by atoms with E-state index in [9.17, 15) is 18.7 Å². The van der Waals surface area contributed by atoms with Crippen molar-refractivity contribution in [3.05, 3.63) is 82.0 Å². The average Bonchev–Trinajstić information content (AvgIpc) is 3.77. The van der Waals surface area contributed by atoms with Gasteiger partial charge in [0.25, 0.3) is 12.3 Å². The molecule has 0 bridgehead atoms. The van der Waals surface area contributed by atoms with Gasteiger partial charge in [-0.3, -0.25) is 14.8 Å². The molecule has 3 aromatic heterocycles. The minimum atomic E-state index is -3.09. The molecule has 0 spiro atoms. The molecular weight excluding hydrogens is 492 g/mol. The summed E-state index contributed by atoms with van der Waals surface area (Å²) in [5, 5.41) is 14.7. The van der Waals surface area contributed by atoms with Gasteiger partial charge in [-0.05, 0) is 48.8 Å². The summed E-state index contributed by atoms with van der Waals surface area (Å²) < 4.78 is 32.1. The lowest BCUT2D eigenvalue weighted by molar-refractivity contribution is -0.157. The molecule has 8 nitrogen and oxygen atoms in total. The first kappa shape index (κ1) is 25.7. The number of rotatable bonds is 7. The van der Waals surface area contributed by atoms with Gasteiger partial charge in [-0.25, -0.2) is 18.7 Å². The summed E-state index contributed by atoms with van der Waals surface area (Å²) in [7, 11) is 0. The monoisotopic (exact) mass is 519 g/mol. The van der Waals surface area contributed by atoms with E-state index in [1.807, 2.05) is 25.1 Å². The van der Waals surface area contributed by atoms with Gasteiger partial charge in [0.2, 0.25) is 0 Å². The van der Waals surface area contributed by atoms with Gasteiger partial charge in [0.15, 0.2) is 5.60 Å². The van der Waals surface area contributed by atoms with Crippen LogP contribution in [0, 0.1) is 0 Å². The van der Waals surface area contributed by atoms with Crippen molar-refractivity contribution in [2.45, 2.75) is 44.3 Å². The predicted molar refractivity (Wildman–Crippen MR) is 136 cm³/mol. The summed E-state index contributed by atoms with van der Waals surface area (Å²) in [6.45, 7) is 5.43. The molecule has 0 saturated heterocycles. The van der Waals surface area contributed by atoms with Crippen LogP contribution in [0.5, 0.6) is 0 Å². The number of amides is 1. The minimum Gasteiger partial charge on any atom is -0.377 e. The number of carbonyl (C=O) groups is 1. The number of aliphatic hydroxyl groups is 1. The summed E-state index contributed by atoms with van der Waals surface area (Å²) in [5.74, 6) is -0.0583. The molecule has 5 rings (SSSR count). The SMILES string of the molecule is C=C(/C=c1/nc(-c2cncc(C3CC3)n2)cc/c1=C/C)CNC(=O)c1cnc2c(c1)C(O)(C(F)F)COC2. The molecule has 2 N–H and O–H groups in total. The molecule has 1 atom stereocenters. The zero-order valence-electron chi connectivity index (χ0n) is 20.8. The van der Waals surface area contributed by atoms with Crippen molar-refractivity contribution in [3.63, 3.8) is 0 Å². The van der Waals surface area contributed by atoms with Crippen LogP contribution < -0.4 is 15.9 Å². The zero-order valence-corrected chi connectivity index (χ0v) is 20.8. The number of pyridine rings is 2. The molecule has 1 aliphatic heterocycles. The topological polar surface area (TPSA) is 110 Å². The maximum Gasteiger partial charge on any atom is 0.273 e. The Labute approximate surface area is 217 Å². The normalized spacial score (nSPS) is 19.9. The van der Waals surface area contributed by atoms with Crippen LogP contribution in [0.2, 0.25) is 0 Å². The fourth-order valence-corrected chi connectivity index (χ4v) is 4.28. The van der Waals surface area contributed by atoms with Crippen LogP contribution in [-0.2, 0) is 16.9 Å². The summed E-state index contributed by atoms with van der Waals surface area (Å²) in [4.78, 5) is 30.6. The summed E-state index contributed by atoms with van der Waals surface area (Å²) in [5.41, 5.74) is 0.542. The molecule has 10 heteroatoms. The van der Waals surface area contributed by atoms with E-state index in [4.69, 9.17) is 14.7 Å². The molecule has 2 aliphatic rings. The van der Waals surface area contributed by atoms with Crippen molar-refractivity contribution in [2.75, 3.05) is 13.2 Å². The molecule has 0 aromatic carbocycles. The largest absolute Gasteiger partial charge is 0.377 e. The van der Waals surface area contributed by atoms with Crippen LogP contribution in [0.25, 0.3) is 23.5 Å². The van der Waals surface area contributed by atoms with Crippen LogP contribution in [0.4, 0.5) is 8.78 Å². The Morgan fingerprint density at radius 1 is 1.26 bits per heavy atom. The molecule has 1 unspecified atom stereocenters. The van der Waals surface area contributed by atoms with E-state index in [1.165, 1.54) is 12.3 Å². The molecule has 4 heterocycles. The second kappa shape index (κ2) is 10.5. The smallest absolute Gasteiger partial charge is 0.273 e. The number of hydrogen-bond acceptors (Lipinski definition) is 7. The number of nitrogens with zero attached hydrogens (tertiary/aromatic N) is 4. The van der Waals surface area contributed by atoms with Gasteiger partial charge in [-0.2, -0.15) is 0 Å². The van der Waals surface area contributed by atoms with E-state index in [-0.39, 0.29) is 30.0 Å². The maximum atomic E-state index is 13.5. The fourth-order valence-electron chi connectivity index (χ4n) is 4.28. The van der Waals surface area contributed by atoms with Gasteiger partial charge in [0, 0.05) is 30.4 Å². The second-order valence-electron chi connectivity index (χ2n) is 9.48. The van der Waals surface area contributed by atoms with Crippen LogP contribution >= 0.6 is 0 Å². The van der Waals surface area contributed by atoms with Crippen LogP contribution in [0.1, 0.15) is 53.0 Å². The van der Waals surface area contributed by atoms with E-state index >= 15 is 0 Å². The van der Waals surface area contributed by atoms with Gasteiger partial charge in [0.05, 0.1) is 47.4 Å². The zero-order chi connectivity index (χ0) is 26.9. The number of nitrogens with one attached hydrogen (secondary N) is 1. The highest BCUT2D eigenvalue weighted by molar-refractivity contribution is 5.94. The maximum absolute atomic E-state index is 13.5. The van der Waals surface area contributed by atoms with E-state index < -0.39 is 24.5 Å². The Bertz CT molecular complexity index is 1520. The minimum absolute atomic E-state index is 0.0165. The highest BCUT2D eigenvalue weighted by Gasteiger charge is 2.45. The van der Waals surface area contributed by atoms with Crippen LogP contribution in [0.3, 0.4) is 0 Å². The predicted octanol–water partition coefficient (Wildman–Crippen LogP) is 2.36. The first-order chi connectivity index (χ1) is 18.3. The molecule has 3 aromatic rings. The van der Waals surface area contributed by atoms with Crippen molar-refractivity contribution in [1.82, 2.24) is 25.3 Å². The van der Waals surface area contributed by atoms with Crippen LogP contribution in [0.15, 0.2) is 48.9 Å². The summed E-state index contributed by atoms with van der Waals surface area (Å²) in [6, 6.07) is 5.08. The fraction of sp³-hybridized carbons (Fsp3) is 0.321. The summed E-state index contributed by atoms with van der Waals surface area (Å²) in [6.07, 6.45) is 7.62. The Kier molecular flexibility index (Phi) is 7.09. The highest BCUT2D eigenvalue weighted by Crippen LogP contribution is 2.39. The van der Waals surface area contributed by atoms with Crippen LogP contribution in [-0.4, -0.2) is 50.5 Å². The molecule has 196 valence electrons. The molecule has 1 saturated carbocycles. The lowest BCUT2D eigenvalue weighted by Crippen LogP contribution is -2.43. The number of halogens is 2. The molecular formula is C28H27F2N5O3. The van der Waals surface area contributed by atoms with Crippen molar-refractivity contribution >= 4 is 18.1 Å². The van der Waals surface area contributed by atoms with Crippen molar-refractivity contribution in [3.8, 4) is 11.4 Å². The molecule has 1 aliphatic carbocycles. The van der Waals surface area contributed by atoms with E-state index in [0.29, 0.717) is 28.2 Å². The van der Waals surface area contributed by atoms with Crippen molar-refractivity contribution in [1.29, 1.82) is 0 Å². The first-order valence-corrected chi connectivity index (χ1v) is 12.3. The van der Waals surface area contributed by atoms with E-state index in [0.717, 1.165) is 23.8 Å². The number of fused-ring (bicyclic) bond motifs is 1. The molecule has 1 fully saturated rings. The standard InChI is InChI=1S/C28H27F2N5O3/c1-3-17-6-7-21(24-13-31-12-23(35-24)18-4-5-18)34-22(17)8-16(2)10-33-26(36)19-9-20-25(32-11-19)14-38-15-28(20,37)27(29)30/h3,6-9,11-13,18,27,37H,2,4-5,10,14-15H2,1H3,(H,33,36)/b17-3-,22-8+. The molecule has 0 radical (unpaired) electrons. The van der Waals surface area contributed by atoms with E-state index in [2.05, 4.69) is 21.9 Å². The Balaban J connectivity index is 1.33.